The molecule has 0 saturated carbocycles. The van der Waals surface area contributed by atoms with Crippen molar-refractivity contribution in [3.63, 3.8) is 0 Å². The molecule has 0 spiro atoms. The van der Waals surface area contributed by atoms with Gasteiger partial charge < -0.3 is 21.3 Å². The summed E-state index contributed by atoms with van der Waals surface area (Å²) < 4.78 is 0. The van der Waals surface area contributed by atoms with Gasteiger partial charge in [0.05, 0.1) is 24.6 Å². The van der Waals surface area contributed by atoms with Crippen molar-refractivity contribution in [2.24, 2.45) is 5.73 Å². The Hall–Kier alpha value is -1.40. The van der Waals surface area contributed by atoms with Crippen molar-refractivity contribution in [1.82, 2.24) is 5.32 Å². The quantitative estimate of drug-likeness (QED) is 0.418. The van der Waals surface area contributed by atoms with Gasteiger partial charge in [-0.15, -0.1) is 6.58 Å². The van der Waals surface area contributed by atoms with E-state index in [0.717, 1.165) is 0 Å². The third-order valence-electron chi connectivity index (χ3n) is 1.81. The number of carboxylic acid groups (broad SMARTS) is 1. The lowest BCUT2D eigenvalue weighted by atomic mass is 10.1. The predicted octanol–water partition coefficient (Wildman–Crippen LogP) is -1.16. The lowest BCUT2D eigenvalue weighted by Crippen LogP contribution is -2.48. The minimum Gasteiger partial charge on any atom is -0.481 e. The highest BCUT2D eigenvalue weighted by Gasteiger charge is 2.20. The second-order valence-corrected chi connectivity index (χ2v) is 3.22. The topological polar surface area (TPSA) is 113 Å². The number of amides is 1. The van der Waals surface area contributed by atoms with E-state index >= 15 is 0 Å². The molecule has 0 radical (unpaired) electrons. The van der Waals surface area contributed by atoms with Crippen molar-refractivity contribution < 1.29 is 19.8 Å². The van der Waals surface area contributed by atoms with Crippen molar-refractivity contribution in [1.29, 1.82) is 0 Å². The summed E-state index contributed by atoms with van der Waals surface area (Å²) in [4.78, 5) is 21.6. The summed E-state index contributed by atoms with van der Waals surface area (Å²) in [5, 5.41) is 20.0. The van der Waals surface area contributed by atoms with Crippen LogP contribution in [0.15, 0.2) is 12.7 Å². The molecule has 0 aromatic heterocycles. The van der Waals surface area contributed by atoms with Gasteiger partial charge in [0.1, 0.15) is 0 Å². The number of rotatable bonds is 6. The summed E-state index contributed by atoms with van der Waals surface area (Å²) in [7, 11) is 0. The van der Waals surface area contributed by atoms with E-state index in [1.807, 2.05) is 0 Å². The summed E-state index contributed by atoms with van der Waals surface area (Å²) in [6.45, 7) is 4.91. The van der Waals surface area contributed by atoms with Gasteiger partial charge in [0.2, 0.25) is 5.91 Å². The highest BCUT2D eigenvalue weighted by molar-refractivity contribution is 5.86. The Morgan fingerprint density at radius 3 is 2.47 bits per heavy atom. The minimum atomic E-state index is -1.15. The van der Waals surface area contributed by atoms with E-state index in [4.69, 9.17) is 10.8 Å². The maximum atomic E-state index is 11.3. The zero-order valence-electron chi connectivity index (χ0n) is 8.51. The minimum absolute atomic E-state index is 0.449. The van der Waals surface area contributed by atoms with Crippen LogP contribution in [0.1, 0.15) is 13.3 Å². The zero-order chi connectivity index (χ0) is 12.0. The molecule has 0 aliphatic rings. The molecule has 2 unspecified atom stereocenters. The predicted molar refractivity (Wildman–Crippen MR) is 54.0 cm³/mol. The third kappa shape index (κ3) is 5.14. The lowest BCUT2D eigenvalue weighted by Gasteiger charge is -2.19. The van der Waals surface area contributed by atoms with Crippen molar-refractivity contribution in [3.05, 3.63) is 12.7 Å². The number of aliphatic carboxylic acids is 1. The van der Waals surface area contributed by atoms with Crippen LogP contribution in [0.5, 0.6) is 0 Å². The van der Waals surface area contributed by atoms with E-state index in [1.54, 1.807) is 0 Å². The SMILES string of the molecule is C=CC(NC(=O)[C@@H](N)CC(=O)O)C(C)O. The van der Waals surface area contributed by atoms with E-state index in [0.29, 0.717) is 0 Å². The van der Waals surface area contributed by atoms with Crippen molar-refractivity contribution in [3.8, 4) is 0 Å². The highest BCUT2D eigenvalue weighted by Crippen LogP contribution is 1.96. The zero-order valence-corrected chi connectivity index (χ0v) is 8.51. The number of aliphatic hydroxyl groups is 1. The first kappa shape index (κ1) is 13.6. The second-order valence-electron chi connectivity index (χ2n) is 3.22. The standard InChI is InChI=1S/C9H16N2O4/c1-3-7(5(2)12)11-9(15)6(10)4-8(13)14/h3,5-7,12H,1,4,10H2,2H3,(H,11,15)(H,13,14)/t5?,6-,7?/m0/s1. The molecule has 0 aliphatic carbocycles. The van der Waals surface area contributed by atoms with E-state index in [9.17, 15) is 14.7 Å². The highest BCUT2D eigenvalue weighted by atomic mass is 16.4. The molecule has 5 N–H and O–H groups in total. The number of nitrogens with two attached hydrogens (primary N) is 1. The molecule has 0 saturated heterocycles. The number of aliphatic hydroxyl groups excluding tert-OH is 1. The number of carbonyl (C=O) groups excluding carboxylic acids is 1. The van der Waals surface area contributed by atoms with Gasteiger partial charge in [0.15, 0.2) is 0 Å². The van der Waals surface area contributed by atoms with Gasteiger partial charge in [0.25, 0.3) is 0 Å². The van der Waals surface area contributed by atoms with E-state index < -0.39 is 36.5 Å². The number of carboxylic acids is 1. The maximum Gasteiger partial charge on any atom is 0.305 e. The number of hydrogen-bond acceptors (Lipinski definition) is 4. The average Bonchev–Trinajstić information content (AvgIpc) is 2.11. The van der Waals surface area contributed by atoms with Crippen LogP contribution in [-0.2, 0) is 9.59 Å². The Morgan fingerprint density at radius 1 is 1.60 bits per heavy atom. The third-order valence-corrected chi connectivity index (χ3v) is 1.81. The van der Waals surface area contributed by atoms with Crippen LogP contribution >= 0.6 is 0 Å². The van der Waals surface area contributed by atoms with Crippen LogP contribution < -0.4 is 11.1 Å². The van der Waals surface area contributed by atoms with Crippen LogP contribution in [0.2, 0.25) is 0 Å². The summed E-state index contributed by atoms with van der Waals surface area (Å²) >= 11 is 0. The van der Waals surface area contributed by atoms with Crippen molar-refractivity contribution >= 4 is 11.9 Å². The van der Waals surface area contributed by atoms with Gasteiger partial charge in [-0.25, -0.2) is 0 Å². The summed E-state index contributed by atoms with van der Waals surface area (Å²) in [6, 6.07) is -1.75. The number of nitrogens with one attached hydrogen (secondary N) is 1. The van der Waals surface area contributed by atoms with Gasteiger partial charge in [-0.3, -0.25) is 9.59 Å². The molecular weight excluding hydrogens is 200 g/mol. The summed E-state index contributed by atoms with van der Waals surface area (Å²) in [5.74, 6) is -1.77. The van der Waals surface area contributed by atoms with Crippen LogP contribution in [0.3, 0.4) is 0 Å². The Kier molecular flexibility index (Phi) is 5.58. The first-order chi connectivity index (χ1) is 6.88. The van der Waals surface area contributed by atoms with E-state index in [1.165, 1.54) is 13.0 Å². The van der Waals surface area contributed by atoms with E-state index in [2.05, 4.69) is 11.9 Å². The van der Waals surface area contributed by atoms with Crippen LogP contribution in [-0.4, -0.2) is 40.3 Å². The molecular formula is C9H16N2O4. The van der Waals surface area contributed by atoms with Crippen LogP contribution in [0.4, 0.5) is 0 Å². The normalized spacial score (nSPS) is 16.2. The summed E-state index contributed by atoms with van der Waals surface area (Å²) in [6.07, 6.45) is 0.106. The molecule has 0 bridgehead atoms. The molecule has 1 amide bonds. The van der Waals surface area contributed by atoms with Crippen LogP contribution in [0.25, 0.3) is 0 Å². The molecule has 15 heavy (non-hydrogen) atoms. The monoisotopic (exact) mass is 216 g/mol. The Morgan fingerprint density at radius 2 is 2.13 bits per heavy atom. The van der Waals surface area contributed by atoms with Crippen molar-refractivity contribution in [2.75, 3.05) is 0 Å². The van der Waals surface area contributed by atoms with Gasteiger partial charge in [-0.05, 0) is 6.92 Å². The van der Waals surface area contributed by atoms with Gasteiger partial charge in [0, 0.05) is 0 Å². The Labute approximate surface area is 87.8 Å². The Balaban J connectivity index is 4.21. The number of hydrogen-bond donors (Lipinski definition) is 4. The van der Waals surface area contributed by atoms with E-state index in [-0.39, 0.29) is 0 Å². The summed E-state index contributed by atoms with van der Waals surface area (Å²) in [5.41, 5.74) is 5.31. The molecule has 0 rings (SSSR count). The fourth-order valence-electron chi connectivity index (χ4n) is 0.929. The lowest BCUT2D eigenvalue weighted by molar-refractivity contribution is -0.139. The molecule has 6 nitrogen and oxygen atoms in total. The molecule has 6 heteroatoms. The smallest absolute Gasteiger partial charge is 0.305 e. The molecule has 0 heterocycles. The van der Waals surface area contributed by atoms with Crippen molar-refractivity contribution in [2.45, 2.75) is 31.5 Å². The second kappa shape index (κ2) is 6.15. The molecule has 0 aromatic carbocycles. The molecule has 86 valence electrons. The molecule has 0 aromatic rings. The first-order valence-electron chi connectivity index (χ1n) is 4.46. The molecule has 0 aliphatic heterocycles. The van der Waals surface area contributed by atoms with Gasteiger partial charge >= 0.3 is 5.97 Å². The van der Waals surface area contributed by atoms with Crippen LogP contribution in [0, 0.1) is 0 Å². The largest absolute Gasteiger partial charge is 0.481 e. The molecule has 0 fully saturated rings. The fourth-order valence-corrected chi connectivity index (χ4v) is 0.929. The number of carbonyl (C=O) groups is 2. The Bertz CT molecular complexity index is 252. The fraction of sp³-hybridized carbons (Fsp3) is 0.556. The first-order valence-corrected chi connectivity index (χ1v) is 4.46. The van der Waals surface area contributed by atoms with Gasteiger partial charge in [-0.1, -0.05) is 6.08 Å². The molecule has 3 atom stereocenters. The maximum absolute atomic E-state index is 11.3. The van der Waals surface area contributed by atoms with Gasteiger partial charge in [-0.2, -0.15) is 0 Å². The average molecular weight is 216 g/mol.